The molecule has 3 unspecified atom stereocenters. The molecule has 0 aliphatic carbocycles. The van der Waals surface area contributed by atoms with Gasteiger partial charge in [-0.3, -0.25) is 4.99 Å². The molecule has 0 saturated carbocycles. The fourth-order valence-corrected chi connectivity index (χ4v) is 3.32. The van der Waals surface area contributed by atoms with Crippen LogP contribution in [-0.2, 0) is 4.74 Å². The van der Waals surface area contributed by atoms with E-state index < -0.39 is 0 Å². The zero-order chi connectivity index (χ0) is 16.8. The second kappa shape index (κ2) is 10.1. The number of nitrogens with one attached hydrogen (secondary N) is 2. The van der Waals surface area contributed by atoms with Crippen molar-refractivity contribution in [2.45, 2.75) is 43.9 Å². The monoisotopic (exact) mass is 461 g/mol. The number of rotatable bonds is 7. The Labute approximate surface area is 166 Å². The first-order valence-corrected chi connectivity index (χ1v) is 8.68. The molecule has 0 radical (unpaired) electrons. The molecule has 2 heterocycles. The molecule has 2 saturated heterocycles. The van der Waals surface area contributed by atoms with Crippen LogP contribution in [-0.4, -0.2) is 51.5 Å². The van der Waals surface area contributed by atoms with Crippen LogP contribution in [0.25, 0.3) is 0 Å². The van der Waals surface area contributed by atoms with E-state index in [0.29, 0.717) is 24.9 Å². The minimum absolute atomic E-state index is 0. The van der Waals surface area contributed by atoms with Crippen LogP contribution < -0.4 is 20.1 Å². The summed E-state index contributed by atoms with van der Waals surface area (Å²) in [5, 5.41) is 6.82. The Morgan fingerprint density at radius 3 is 2.84 bits per heavy atom. The number of guanidine groups is 1. The van der Waals surface area contributed by atoms with Gasteiger partial charge >= 0.3 is 0 Å². The molecule has 3 rings (SSSR count). The maximum absolute atomic E-state index is 5.87. The molecule has 2 bridgehead atoms. The van der Waals surface area contributed by atoms with Crippen molar-refractivity contribution in [2.24, 2.45) is 4.99 Å². The van der Waals surface area contributed by atoms with Crippen LogP contribution in [0.3, 0.4) is 0 Å². The number of nitrogens with zero attached hydrogens (tertiary/aromatic N) is 1. The van der Waals surface area contributed by atoms with Crippen molar-refractivity contribution < 1.29 is 14.2 Å². The summed E-state index contributed by atoms with van der Waals surface area (Å²) in [7, 11) is 3.46. The number of ether oxygens (including phenoxy) is 3. The molecule has 140 valence electrons. The predicted molar refractivity (Wildman–Crippen MR) is 109 cm³/mol. The number of halogens is 1. The number of fused-ring (bicyclic) bond motifs is 2. The maximum Gasteiger partial charge on any atom is 0.191 e. The summed E-state index contributed by atoms with van der Waals surface area (Å²) in [6, 6.07) is 8.05. The third-order valence-corrected chi connectivity index (χ3v) is 4.58. The summed E-state index contributed by atoms with van der Waals surface area (Å²) >= 11 is 0. The second-order valence-corrected chi connectivity index (χ2v) is 6.24. The van der Waals surface area contributed by atoms with E-state index in [0.717, 1.165) is 43.3 Å². The Morgan fingerprint density at radius 2 is 2.16 bits per heavy atom. The normalized spacial score (nSPS) is 24.6. The van der Waals surface area contributed by atoms with Gasteiger partial charge in [-0.25, -0.2) is 0 Å². The van der Waals surface area contributed by atoms with Crippen molar-refractivity contribution in [3.63, 3.8) is 0 Å². The van der Waals surface area contributed by atoms with Crippen LogP contribution >= 0.6 is 24.0 Å². The lowest BCUT2D eigenvalue weighted by molar-refractivity contribution is 0.0992. The summed E-state index contributed by atoms with van der Waals surface area (Å²) in [5.41, 5.74) is 0. The van der Waals surface area contributed by atoms with Gasteiger partial charge in [0.2, 0.25) is 0 Å². The van der Waals surface area contributed by atoms with Gasteiger partial charge in [0, 0.05) is 19.7 Å². The van der Waals surface area contributed by atoms with Gasteiger partial charge in [0.05, 0.1) is 32.0 Å². The van der Waals surface area contributed by atoms with Crippen molar-refractivity contribution in [1.29, 1.82) is 0 Å². The Balaban J connectivity index is 0.00000225. The molecule has 0 aromatic heterocycles. The zero-order valence-electron chi connectivity index (χ0n) is 14.9. The fraction of sp³-hybridized carbons (Fsp3) is 0.611. The molecule has 7 heteroatoms. The molecular formula is C18H28IN3O3. The highest BCUT2D eigenvalue weighted by Crippen LogP contribution is 2.34. The largest absolute Gasteiger partial charge is 0.497 e. The van der Waals surface area contributed by atoms with Gasteiger partial charge in [-0.05, 0) is 37.8 Å². The lowest BCUT2D eigenvalue weighted by Crippen LogP contribution is -2.47. The van der Waals surface area contributed by atoms with E-state index >= 15 is 0 Å². The van der Waals surface area contributed by atoms with Crippen molar-refractivity contribution in [3.05, 3.63) is 24.3 Å². The van der Waals surface area contributed by atoms with E-state index in [4.69, 9.17) is 14.2 Å². The lowest BCUT2D eigenvalue weighted by atomic mass is 9.96. The Morgan fingerprint density at radius 1 is 1.32 bits per heavy atom. The summed E-state index contributed by atoms with van der Waals surface area (Å²) < 4.78 is 16.8. The SMILES string of the molecule is CN=C(NCCCOc1cccc(OC)c1)NC1CC2CCC1O2.I. The smallest absolute Gasteiger partial charge is 0.191 e. The number of hydrogen-bond donors (Lipinski definition) is 2. The van der Waals surface area contributed by atoms with E-state index in [2.05, 4.69) is 15.6 Å². The van der Waals surface area contributed by atoms with Gasteiger partial charge < -0.3 is 24.8 Å². The Hall–Kier alpha value is -1.22. The predicted octanol–water partition coefficient (Wildman–Crippen LogP) is 2.57. The van der Waals surface area contributed by atoms with Gasteiger partial charge in [-0.1, -0.05) is 6.07 Å². The van der Waals surface area contributed by atoms with E-state index in [1.165, 1.54) is 6.42 Å². The average Bonchev–Trinajstić information content (AvgIpc) is 3.23. The van der Waals surface area contributed by atoms with E-state index in [-0.39, 0.29) is 24.0 Å². The molecule has 0 amide bonds. The number of aliphatic imine (C=N–C) groups is 1. The number of methoxy groups -OCH3 is 1. The molecule has 1 aromatic carbocycles. The first-order chi connectivity index (χ1) is 11.8. The van der Waals surface area contributed by atoms with E-state index in [9.17, 15) is 0 Å². The maximum atomic E-state index is 5.87. The van der Waals surface area contributed by atoms with Crippen molar-refractivity contribution >= 4 is 29.9 Å². The van der Waals surface area contributed by atoms with Crippen LogP contribution in [0.4, 0.5) is 0 Å². The van der Waals surface area contributed by atoms with Crippen molar-refractivity contribution in [2.75, 3.05) is 27.3 Å². The first kappa shape index (κ1) is 20.1. The fourth-order valence-electron chi connectivity index (χ4n) is 3.32. The van der Waals surface area contributed by atoms with Crippen LogP contribution in [0.5, 0.6) is 11.5 Å². The molecule has 6 nitrogen and oxygen atoms in total. The third-order valence-electron chi connectivity index (χ3n) is 4.58. The number of hydrogen-bond acceptors (Lipinski definition) is 4. The van der Waals surface area contributed by atoms with Gasteiger partial charge in [-0.15, -0.1) is 24.0 Å². The quantitative estimate of drug-likeness (QED) is 0.283. The first-order valence-electron chi connectivity index (χ1n) is 8.68. The highest BCUT2D eigenvalue weighted by Gasteiger charge is 2.41. The highest BCUT2D eigenvalue weighted by atomic mass is 127. The summed E-state index contributed by atoms with van der Waals surface area (Å²) in [6.45, 7) is 1.46. The van der Waals surface area contributed by atoms with E-state index in [1.54, 1.807) is 14.2 Å². The van der Waals surface area contributed by atoms with Crippen LogP contribution in [0.1, 0.15) is 25.7 Å². The zero-order valence-corrected chi connectivity index (χ0v) is 17.2. The average molecular weight is 461 g/mol. The molecule has 2 aliphatic rings. The topological polar surface area (TPSA) is 64.1 Å². The van der Waals surface area contributed by atoms with Gasteiger partial charge in [0.25, 0.3) is 0 Å². The molecule has 25 heavy (non-hydrogen) atoms. The van der Waals surface area contributed by atoms with Gasteiger partial charge in [-0.2, -0.15) is 0 Å². The Bertz CT molecular complexity index is 570. The minimum atomic E-state index is 0. The van der Waals surface area contributed by atoms with Crippen molar-refractivity contribution in [1.82, 2.24) is 10.6 Å². The molecule has 3 atom stereocenters. The van der Waals surface area contributed by atoms with Crippen LogP contribution in [0.2, 0.25) is 0 Å². The summed E-state index contributed by atoms with van der Waals surface area (Å²) in [4.78, 5) is 4.30. The standard InChI is InChI=1S/C18H27N3O3.HI/c1-19-18(21-16-12-15-7-8-17(16)24-15)20-9-4-10-23-14-6-3-5-13(11-14)22-2;/h3,5-6,11,15-17H,4,7-10,12H2,1-2H3,(H2,19,20,21);1H. The molecule has 2 fully saturated rings. The second-order valence-electron chi connectivity index (χ2n) is 6.24. The molecular weight excluding hydrogens is 433 g/mol. The Kier molecular flexibility index (Phi) is 8.08. The minimum Gasteiger partial charge on any atom is -0.497 e. The lowest BCUT2D eigenvalue weighted by Gasteiger charge is -2.22. The molecule has 2 N–H and O–H groups in total. The summed E-state index contributed by atoms with van der Waals surface area (Å²) in [5.74, 6) is 2.48. The van der Waals surface area contributed by atoms with E-state index in [1.807, 2.05) is 24.3 Å². The van der Waals surface area contributed by atoms with Crippen molar-refractivity contribution in [3.8, 4) is 11.5 Å². The van der Waals surface area contributed by atoms with Gasteiger partial charge in [0.15, 0.2) is 5.96 Å². The number of benzene rings is 1. The molecule has 0 spiro atoms. The third kappa shape index (κ3) is 5.64. The van der Waals surface area contributed by atoms with Crippen LogP contribution in [0, 0.1) is 0 Å². The van der Waals surface area contributed by atoms with Gasteiger partial charge in [0.1, 0.15) is 11.5 Å². The molecule has 1 aromatic rings. The van der Waals surface area contributed by atoms with Crippen LogP contribution in [0.15, 0.2) is 29.3 Å². The summed E-state index contributed by atoms with van der Waals surface area (Å²) in [6.07, 6.45) is 5.14. The molecule has 2 aliphatic heterocycles. The highest BCUT2D eigenvalue weighted by molar-refractivity contribution is 14.0.